The maximum absolute atomic E-state index is 12.2. The lowest BCUT2D eigenvalue weighted by atomic mass is 9.91. The summed E-state index contributed by atoms with van der Waals surface area (Å²) in [7, 11) is 0. The second-order valence-electron chi connectivity index (χ2n) is 8.59. The maximum atomic E-state index is 12.2. The molecule has 5 nitrogen and oxygen atoms in total. The number of nitriles is 1. The Labute approximate surface area is 160 Å². The highest BCUT2D eigenvalue weighted by molar-refractivity contribution is 6.04. The lowest BCUT2D eigenvalue weighted by molar-refractivity contribution is -0.113. The van der Waals surface area contributed by atoms with Crippen molar-refractivity contribution >= 4 is 11.5 Å². The molecule has 3 fully saturated rings. The summed E-state index contributed by atoms with van der Waals surface area (Å²) in [5.74, 6) is 0.0770. The summed E-state index contributed by atoms with van der Waals surface area (Å²) in [5.41, 5.74) is 3.89. The van der Waals surface area contributed by atoms with Crippen LogP contribution in [0.3, 0.4) is 0 Å². The summed E-state index contributed by atoms with van der Waals surface area (Å²) >= 11 is 0. The quantitative estimate of drug-likeness (QED) is 0.638. The summed E-state index contributed by atoms with van der Waals surface area (Å²) in [4.78, 5) is 18.9. The van der Waals surface area contributed by atoms with Crippen molar-refractivity contribution in [2.24, 2.45) is 11.3 Å². The van der Waals surface area contributed by atoms with Crippen molar-refractivity contribution in [1.29, 1.82) is 5.26 Å². The van der Waals surface area contributed by atoms with Gasteiger partial charge in [0.25, 0.3) is 0 Å². The van der Waals surface area contributed by atoms with Crippen molar-refractivity contribution in [3.8, 4) is 6.07 Å². The molecule has 27 heavy (non-hydrogen) atoms. The van der Waals surface area contributed by atoms with Gasteiger partial charge in [0, 0.05) is 24.8 Å². The molecule has 2 aliphatic carbocycles. The first kappa shape index (κ1) is 18.2. The summed E-state index contributed by atoms with van der Waals surface area (Å²) in [6.07, 6.45) is 8.11. The van der Waals surface area contributed by atoms with Crippen LogP contribution in [0.25, 0.3) is 5.70 Å². The van der Waals surface area contributed by atoms with Crippen LogP contribution in [0.5, 0.6) is 0 Å². The Balaban J connectivity index is 1.75. The number of aliphatic hydroxyl groups is 1. The number of piperidine rings is 1. The number of pyridine rings is 1. The van der Waals surface area contributed by atoms with E-state index in [1.807, 2.05) is 13.0 Å². The van der Waals surface area contributed by atoms with Gasteiger partial charge in [-0.15, -0.1) is 0 Å². The van der Waals surface area contributed by atoms with Gasteiger partial charge < -0.3 is 10.0 Å². The Morgan fingerprint density at radius 2 is 2.00 bits per heavy atom. The van der Waals surface area contributed by atoms with Gasteiger partial charge in [-0.05, 0) is 75.3 Å². The van der Waals surface area contributed by atoms with Crippen LogP contribution in [-0.4, -0.2) is 33.9 Å². The first-order valence-electron chi connectivity index (χ1n) is 9.99. The van der Waals surface area contributed by atoms with Crippen LogP contribution in [0.2, 0.25) is 0 Å². The van der Waals surface area contributed by atoms with Crippen LogP contribution in [0.4, 0.5) is 0 Å². The minimum absolute atomic E-state index is 0.209. The molecule has 1 spiro atoms. The van der Waals surface area contributed by atoms with Crippen molar-refractivity contribution in [3.63, 3.8) is 0 Å². The topological polar surface area (TPSA) is 77.2 Å². The number of carbonyl (C=O) groups excluding carboxylic acids is 1. The normalized spacial score (nSPS) is 22.8. The van der Waals surface area contributed by atoms with Gasteiger partial charge >= 0.3 is 0 Å². The number of Topliss-reactive ketones (excluding diaryl/α,β-unsaturated/α-hetero) is 1. The molecule has 2 saturated carbocycles. The van der Waals surface area contributed by atoms with E-state index in [0.29, 0.717) is 11.1 Å². The summed E-state index contributed by atoms with van der Waals surface area (Å²) in [5, 5.41) is 20.2. The highest BCUT2D eigenvalue weighted by atomic mass is 16.3. The molecule has 1 aromatic heterocycles. The van der Waals surface area contributed by atoms with Crippen molar-refractivity contribution in [1.82, 2.24) is 9.88 Å². The zero-order valence-corrected chi connectivity index (χ0v) is 16.2. The molecule has 142 valence electrons. The highest BCUT2D eigenvalue weighted by Gasteiger charge is 2.45. The Morgan fingerprint density at radius 3 is 2.52 bits per heavy atom. The molecule has 0 aromatic carbocycles. The van der Waals surface area contributed by atoms with Gasteiger partial charge in [0.15, 0.2) is 5.78 Å². The zero-order chi connectivity index (χ0) is 19.2. The zero-order valence-electron chi connectivity index (χ0n) is 16.2. The Bertz CT molecular complexity index is 834. The molecule has 0 bridgehead atoms. The lowest BCUT2D eigenvalue weighted by Gasteiger charge is -2.36. The van der Waals surface area contributed by atoms with Crippen LogP contribution >= 0.6 is 0 Å². The van der Waals surface area contributed by atoms with Crippen LogP contribution in [0.1, 0.15) is 68.4 Å². The Kier molecular flexibility index (Phi) is 4.55. The first-order valence-corrected chi connectivity index (χ1v) is 9.99. The largest absolute Gasteiger partial charge is 0.387 e. The summed E-state index contributed by atoms with van der Waals surface area (Å²) in [6, 6.07) is 4.05. The SMILES string of the molecule is CC(=O)/C(C#N)=C(\c1cc([C@H](O)C2CC2)ncc1C)N1CCC2(CC1)CC2. The van der Waals surface area contributed by atoms with Crippen LogP contribution in [0, 0.1) is 29.6 Å². The second kappa shape index (κ2) is 6.76. The number of nitrogens with zero attached hydrogens (tertiary/aromatic N) is 3. The highest BCUT2D eigenvalue weighted by Crippen LogP contribution is 2.54. The third-order valence-electron chi connectivity index (χ3n) is 6.55. The predicted octanol–water partition coefficient (Wildman–Crippen LogP) is 3.53. The van der Waals surface area contributed by atoms with Crippen molar-refractivity contribution in [3.05, 3.63) is 34.7 Å². The molecule has 1 aliphatic heterocycles. The van der Waals surface area contributed by atoms with E-state index in [1.165, 1.54) is 19.8 Å². The molecule has 1 aromatic rings. The number of hydrogen-bond donors (Lipinski definition) is 1. The van der Waals surface area contributed by atoms with E-state index < -0.39 is 6.10 Å². The number of ketones is 1. The fourth-order valence-corrected chi connectivity index (χ4v) is 4.25. The van der Waals surface area contributed by atoms with Gasteiger partial charge in [0.05, 0.1) is 17.5 Å². The van der Waals surface area contributed by atoms with Gasteiger partial charge in [-0.25, -0.2) is 0 Å². The Hall–Kier alpha value is -2.19. The lowest BCUT2D eigenvalue weighted by Crippen LogP contribution is -2.34. The standard InChI is InChI=1S/C22H27N3O2/c1-14-13-24-19(21(27)16-3-4-16)11-17(14)20(18(12-23)15(2)26)25-9-7-22(5-6-22)8-10-25/h11,13,16,21,27H,3-10H2,1-2H3/b20-18+/t21-/m1/s1. The number of aryl methyl sites for hydroxylation is 1. The average Bonchev–Trinajstić information content (AvgIpc) is 3.57. The van der Waals surface area contributed by atoms with Gasteiger partial charge in [0.1, 0.15) is 11.6 Å². The van der Waals surface area contributed by atoms with Crippen LogP contribution in [-0.2, 0) is 4.79 Å². The van der Waals surface area contributed by atoms with Gasteiger partial charge in [-0.2, -0.15) is 5.26 Å². The minimum Gasteiger partial charge on any atom is -0.387 e. The molecular weight excluding hydrogens is 338 g/mol. The third-order valence-corrected chi connectivity index (χ3v) is 6.55. The molecular formula is C22H27N3O2. The van der Waals surface area contributed by atoms with E-state index >= 15 is 0 Å². The van der Waals surface area contributed by atoms with Crippen molar-refractivity contribution in [2.45, 2.75) is 58.5 Å². The van der Waals surface area contributed by atoms with Crippen LogP contribution < -0.4 is 0 Å². The monoisotopic (exact) mass is 365 g/mol. The predicted molar refractivity (Wildman–Crippen MR) is 102 cm³/mol. The molecule has 1 atom stereocenters. The number of rotatable bonds is 5. The van der Waals surface area contributed by atoms with Crippen molar-refractivity contribution < 1.29 is 9.90 Å². The molecule has 5 heteroatoms. The number of likely N-dealkylation sites (tertiary alicyclic amines) is 1. The van der Waals surface area contributed by atoms with E-state index in [1.54, 1.807) is 6.20 Å². The van der Waals surface area contributed by atoms with E-state index in [0.717, 1.165) is 55.6 Å². The minimum atomic E-state index is -0.565. The molecule has 0 radical (unpaired) electrons. The second-order valence-corrected chi connectivity index (χ2v) is 8.59. The third kappa shape index (κ3) is 3.51. The fraction of sp³-hybridized carbons (Fsp3) is 0.591. The maximum Gasteiger partial charge on any atom is 0.172 e. The fourth-order valence-electron chi connectivity index (χ4n) is 4.25. The molecule has 1 N–H and O–H groups in total. The van der Waals surface area contributed by atoms with Crippen molar-refractivity contribution in [2.75, 3.05) is 13.1 Å². The van der Waals surface area contributed by atoms with Gasteiger partial charge in [-0.1, -0.05) is 0 Å². The van der Waals surface area contributed by atoms with Gasteiger partial charge in [-0.3, -0.25) is 9.78 Å². The number of hydrogen-bond acceptors (Lipinski definition) is 5. The van der Waals surface area contributed by atoms with E-state index in [-0.39, 0.29) is 17.3 Å². The smallest absolute Gasteiger partial charge is 0.172 e. The molecule has 4 rings (SSSR count). The molecule has 0 amide bonds. The molecule has 3 aliphatic rings. The first-order chi connectivity index (χ1) is 12.9. The average molecular weight is 365 g/mol. The van der Waals surface area contributed by atoms with E-state index in [4.69, 9.17) is 0 Å². The number of carbonyl (C=O) groups is 1. The molecule has 1 saturated heterocycles. The molecule has 2 heterocycles. The van der Waals surface area contributed by atoms with Gasteiger partial charge in [0.2, 0.25) is 0 Å². The molecule has 0 unspecified atom stereocenters. The van der Waals surface area contributed by atoms with E-state index in [2.05, 4.69) is 16.0 Å². The number of aromatic nitrogens is 1. The van der Waals surface area contributed by atoms with E-state index in [9.17, 15) is 15.2 Å². The van der Waals surface area contributed by atoms with Crippen LogP contribution in [0.15, 0.2) is 17.8 Å². The summed E-state index contributed by atoms with van der Waals surface area (Å²) in [6.45, 7) is 5.16. The summed E-state index contributed by atoms with van der Waals surface area (Å²) < 4.78 is 0. The number of allylic oxidation sites excluding steroid dienone is 1. The Morgan fingerprint density at radius 1 is 1.33 bits per heavy atom. The number of aliphatic hydroxyl groups excluding tert-OH is 1.